The van der Waals surface area contributed by atoms with Crippen molar-refractivity contribution in [3.8, 4) is 0 Å². The maximum Gasteiger partial charge on any atom is 0.272 e. The van der Waals surface area contributed by atoms with Gasteiger partial charge in [0.2, 0.25) is 5.95 Å². The van der Waals surface area contributed by atoms with Crippen LogP contribution in [0.25, 0.3) is 23.1 Å². The Kier molecular flexibility index (Phi) is 7.84. The van der Waals surface area contributed by atoms with Crippen LogP contribution >= 0.6 is 23.0 Å². The summed E-state index contributed by atoms with van der Waals surface area (Å²) in [5.74, 6) is 0.418. The van der Waals surface area contributed by atoms with E-state index in [-0.39, 0.29) is 5.91 Å². The molecule has 4 aromatic rings. The summed E-state index contributed by atoms with van der Waals surface area (Å²) in [5, 5.41) is 4.31. The number of nitrogens with zero attached hydrogens (tertiary/aromatic N) is 5. The molecule has 1 amide bonds. The summed E-state index contributed by atoms with van der Waals surface area (Å²) in [4.78, 5) is 33.4. The van der Waals surface area contributed by atoms with E-state index in [4.69, 9.17) is 3.07 Å². The van der Waals surface area contributed by atoms with Crippen LogP contribution in [0.15, 0.2) is 61.2 Å². The molecule has 0 bridgehead atoms. The molecule has 2 N–H and O–H groups in total. The van der Waals surface area contributed by atoms with Crippen molar-refractivity contribution in [3.63, 3.8) is 0 Å². The van der Waals surface area contributed by atoms with E-state index in [1.807, 2.05) is 52.3 Å². The zero-order chi connectivity index (χ0) is 24.7. The molecule has 3 aromatic heterocycles. The number of nitrogens with one attached hydrogen (secondary N) is 2. The minimum atomic E-state index is -0.0472. The summed E-state index contributed by atoms with van der Waals surface area (Å²) in [6, 6.07) is 11.8. The molecule has 1 saturated heterocycles. The summed E-state index contributed by atoms with van der Waals surface area (Å²) in [6.45, 7) is 4.64. The normalized spacial score (nSPS) is 14.5. The minimum absolute atomic E-state index is 0.0472. The highest BCUT2D eigenvalue weighted by atomic mass is 127. The first-order valence-corrected chi connectivity index (χ1v) is 12.6. The zero-order valence-corrected chi connectivity index (χ0v) is 21.8. The fourth-order valence-corrected chi connectivity index (χ4v) is 4.35. The van der Waals surface area contributed by atoms with Crippen molar-refractivity contribution in [2.24, 2.45) is 0 Å². The van der Waals surface area contributed by atoms with Gasteiger partial charge in [-0.15, -0.1) is 0 Å². The number of carbonyl (C=O) groups is 1. The van der Waals surface area contributed by atoms with Crippen molar-refractivity contribution in [2.75, 3.05) is 44.6 Å². The lowest BCUT2D eigenvalue weighted by molar-refractivity contribution is 0.0622. The predicted molar refractivity (Wildman–Crippen MR) is 149 cm³/mol. The van der Waals surface area contributed by atoms with E-state index in [1.165, 1.54) is 5.39 Å². The van der Waals surface area contributed by atoms with Crippen molar-refractivity contribution in [3.05, 3.63) is 78.0 Å². The van der Waals surface area contributed by atoms with Crippen LogP contribution < -0.4 is 5.32 Å². The van der Waals surface area contributed by atoms with Gasteiger partial charge in [0, 0.05) is 67.8 Å². The van der Waals surface area contributed by atoms with Gasteiger partial charge in [0.25, 0.3) is 5.91 Å². The van der Waals surface area contributed by atoms with Crippen molar-refractivity contribution in [1.29, 1.82) is 0 Å². The molecule has 0 spiro atoms. The lowest BCUT2D eigenvalue weighted by Crippen LogP contribution is -2.49. The molecule has 1 fully saturated rings. The SMILES string of the molecule is O=C(c1ccc(Nc2ncc(/C=C/c3cccc4[nH]ccc34)cn2)cn1)N1CCN(CCOI)CC1. The van der Waals surface area contributed by atoms with Crippen LogP contribution in [0.1, 0.15) is 21.6 Å². The van der Waals surface area contributed by atoms with Gasteiger partial charge in [-0.3, -0.25) is 9.69 Å². The number of hydrogen-bond donors (Lipinski definition) is 2. The second kappa shape index (κ2) is 11.6. The van der Waals surface area contributed by atoms with Gasteiger partial charge in [-0.05, 0) is 29.8 Å². The van der Waals surface area contributed by atoms with Crippen LogP contribution in [0.3, 0.4) is 0 Å². The lowest BCUT2D eigenvalue weighted by Gasteiger charge is -2.34. The third-order valence-electron chi connectivity index (χ3n) is 6.14. The molecular formula is C26H26IN7O2. The number of piperazine rings is 1. The Morgan fingerprint density at radius 3 is 2.61 bits per heavy atom. The molecule has 0 unspecified atom stereocenters. The zero-order valence-electron chi connectivity index (χ0n) is 19.6. The number of rotatable bonds is 8. The van der Waals surface area contributed by atoms with Gasteiger partial charge in [0.1, 0.15) is 28.7 Å². The summed E-state index contributed by atoms with van der Waals surface area (Å²) < 4.78 is 5.10. The van der Waals surface area contributed by atoms with Crippen LogP contribution in [0.4, 0.5) is 11.6 Å². The average molecular weight is 595 g/mol. The Labute approximate surface area is 223 Å². The smallest absolute Gasteiger partial charge is 0.272 e. The topological polar surface area (TPSA) is 99.3 Å². The van der Waals surface area contributed by atoms with Gasteiger partial charge in [-0.2, -0.15) is 0 Å². The largest absolute Gasteiger partial charge is 0.361 e. The first-order valence-electron chi connectivity index (χ1n) is 11.7. The number of fused-ring (bicyclic) bond motifs is 1. The van der Waals surface area contributed by atoms with Crippen molar-refractivity contribution in [1.82, 2.24) is 29.7 Å². The summed E-state index contributed by atoms with van der Waals surface area (Å²) in [6.07, 6.45) is 11.1. The molecule has 4 heterocycles. The summed E-state index contributed by atoms with van der Waals surface area (Å²) in [7, 11) is 0. The van der Waals surface area contributed by atoms with Crippen LogP contribution in [-0.2, 0) is 3.07 Å². The molecule has 1 aliphatic heterocycles. The number of hydrogen-bond acceptors (Lipinski definition) is 7. The molecule has 1 aromatic carbocycles. The molecule has 36 heavy (non-hydrogen) atoms. The lowest BCUT2D eigenvalue weighted by atomic mass is 10.1. The van der Waals surface area contributed by atoms with E-state index in [0.29, 0.717) is 31.3 Å². The molecule has 1 aliphatic rings. The van der Waals surface area contributed by atoms with E-state index >= 15 is 0 Å². The highest BCUT2D eigenvalue weighted by Gasteiger charge is 2.22. The van der Waals surface area contributed by atoms with Gasteiger partial charge in [-0.1, -0.05) is 24.3 Å². The Balaban J connectivity index is 1.16. The van der Waals surface area contributed by atoms with Gasteiger partial charge in [0.15, 0.2) is 0 Å². The Morgan fingerprint density at radius 1 is 1.03 bits per heavy atom. The quantitative estimate of drug-likeness (QED) is 0.292. The molecule has 0 saturated carbocycles. The van der Waals surface area contributed by atoms with Crippen molar-refractivity contribution < 1.29 is 7.86 Å². The number of carbonyl (C=O) groups excluding carboxylic acids is 1. The molecule has 10 heteroatoms. The fourth-order valence-electron chi connectivity index (χ4n) is 4.15. The third-order valence-corrected chi connectivity index (χ3v) is 6.58. The van der Waals surface area contributed by atoms with E-state index in [9.17, 15) is 4.79 Å². The van der Waals surface area contributed by atoms with Crippen molar-refractivity contribution >= 4 is 63.6 Å². The summed E-state index contributed by atoms with van der Waals surface area (Å²) in [5.41, 5.74) is 4.29. The van der Waals surface area contributed by atoms with Crippen LogP contribution in [-0.4, -0.2) is 75.0 Å². The highest BCUT2D eigenvalue weighted by molar-refractivity contribution is 14.1. The van der Waals surface area contributed by atoms with Gasteiger partial charge >= 0.3 is 0 Å². The Hall–Kier alpha value is -3.35. The van der Waals surface area contributed by atoms with Gasteiger partial charge < -0.3 is 18.3 Å². The maximum atomic E-state index is 12.8. The van der Waals surface area contributed by atoms with Gasteiger partial charge in [-0.25, -0.2) is 15.0 Å². The number of H-pyrrole nitrogens is 1. The van der Waals surface area contributed by atoms with E-state index in [2.05, 4.69) is 54.4 Å². The second-order valence-corrected chi connectivity index (χ2v) is 9.09. The number of amides is 1. The van der Waals surface area contributed by atoms with E-state index in [1.54, 1.807) is 24.7 Å². The fraction of sp³-hybridized carbons (Fsp3) is 0.231. The number of aromatic nitrogens is 4. The molecule has 0 aliphatic carbocycles. The van der Waals surface area contributed by atoms with E-state index < -0.39 is 0 Å². The minimum Gasteiger partial charge on any atom is -0.361 e. The molecule has 5 rings (SSSR count). The van der Waals surface area contributed by atoms with Gasteiger partial charge in [0.05, 0.1) is 18.5 Å². The number of pyridine rings is 1. The van der Waals surface area contributed by atoms with Crippen molar-refractivity contribution in [2.45, 2.75) is 0 Å². The Bertz CT molecular complexity index is 1330. The van der Waals surface area contributed by atoms with E-state index in [0.717, 1.165) is 42.0 Å². The highest BCUT2D eigenvalue weighted by Crippen LogP contribution is 2.20. The standard InChI is InChI=1S/C26H26IN7O2/c27-36-15-14-33-10-12-34(13-11-33)25(35)24-7-6-21(18-29-24)32-26-30-16-19(17-31-26)4-5-20-2-1-3-23-22(20)8-9-28-23/h1-9,16-18,28H,10-15H2,(H,30,31,32)/b5-4+. The maximum absolute atomic E-state index is 12.8. The molecule has 0 radical (unpaired) electrons. The average Bonchev–Trinajstić information content (AvgIpc) is 3.42. The van der Waals surface area contributed by atoms with Crippen LogP contribution in [0.2, 0.25) is 0 Å². The summed E-state index contributed by atoms with van der Waals surface area (Å²) >= 11 is 1.91. The number of benzene rings is 1. The first kappa shape index (κ1) is 24.3. The monoisotopic (exact) mass is 595 g/mol. The van der Waals surface area contributed by atoms with Crippen LogP contribution in [0, 0.1) is 0 Å². The predicted octanol–water partition coefficient (Wildman–Crippen LogP) is 4.39. The molecular weight excluding hydrogens is 569 g/mol. The molecule has 9 nitrogen and oxygen atoms in total. The Morgan fingerprint density at radius 2 is 1.86 bits per heavy atom. The number of anilines is 2. The number of aromatic amines is 1. The second-order valence-electron chi connectivity index (χ2n) is 8.46. The third kappa shape index (κ3) is 5.89. The first-order chi connectivity index (χ1) is 17.7. The molecule has 0 atom stereocenters. The van der Waals surface area contributed by atoms with Crippen LogP contribution in [0.5, 0.6) is 0 Å². The molecule has 184 valence electrons. The number of halogens is 1.